The molecule has 1 aromatic heterocycles. The Balaban J connectivity index is 2.20. The zero-order chi connectivity index (χ0) is 6.81. The van der Waals surface area contributed by atoms with E-state index in [4.69, 9.17) is 0 Å². The Hall–Kier alpha value is -0.410. The van der Waals surface area contributed by atoms with Crippen molar-refractivity contribution in [1.82, 2.24) is 0 Å². The number of thiophene rings is 1. The third-order valence-electron chi connectivity index (χ3n) is 1.34. The number of rotatable bonds is 1. The van der Waals surface area contributed by atoms with Crippen molar-refractivity contribution < 1.29 is 0 Å². The topological polar surface area (TPSA) is 3.24 Å². The van der Waals surface area contributed by atoms with Crippen LogP contribution in [-0.4, -0.2) is 5.88 Å². The van der Waals surface area contributed by atoms with E-state index in [0.29, 0.717) is 0 Å². The standard InChI is InChI=1S/C7H7NS2/c1-2-7(10-4-1)8-3-5-9-6-8/h1-5H,6H2. The van der Waals surface area contributed by atoms with Crippen molar-refractivity contribution in [3.8, 4) is 0 Å². The molecule has 0 atom stereocenters. The molecule has 52 valence electrons. The first-order chi connectivity index (χ1) is 4.97. The van der Waals surface area contributed by atoms with Crippen LogP contribution in [0.1, 0.15) is 0 Å². The predicted molar refractivity (Wildman–Crippen MR) is 48.4 cm³/mol. The lowest BCUT2D eigenvalue weighted by atomic mass is 10.6. The van der Waals surface area contributed by atoms with Gasteiger partial charge in [0.25, 0.3) is 0 Å². The van der Waals surface area contributed by atoms with Gasteiger partial charge in [0.1, 0.15) is 0 Å². The number of hydrogen-bond donors (Lipinski definition) is 0. The first kappa shape index (κ1) is 6.31. The SMILES string of the molecule is C1=CN(c2cccs2)CS1. The molecular weight excluding hydrogens is 162 g/mol. The number of hydrogen-bond acceptors (Lipinski definition) is 3. The normalized spacial score (nSPS) is 16.6. The van der Waals surface area contributed by atoms with Crippen LogP contribution in [0.5, 0.6) is 0 Å². The largest absolute Gasteiger partial charge is 0.329 e. The minimum atomic E-state index is 1.07. The van der Waals surface area contributed by atoms with Crippen LogP contribution in [0.4, 0.5) is 5.00 Å². The Morgan fingerprint density at radius 3 is 3.10 bits per heavy atom. The van der Waals surface area contributed by atoms with Crippen LogP contribution in [0, 0.1) is 0 Å². The average molecular weight is 169 g/mol. The van der Waals surface area contributed by atoms with Crippen LogP contribution in [0.2, 0.25) is 0 Å². The van der Waals surface area contributed by atoms with Gasteiger partial charge in [-0.3, -0.25) is 0 Å². The summed E-state index contributed by atoms with van der Waals surface area (Å²) < 4.78 is 0. The molecule has 0 aromatic carbocycles. The molecule has 0 radical (unpaired) electrons. The molecule has 0 amide bonds. The summed E-state index contributed by atoms with van der Waals surface area (Å²) in [4.78, 5) is 2.25. The first-order valence-corrected chi connectivity index (χ1v) is 4.98. The highest BCUT2D eigenvalue weighted by Gasteiger charge is 2.06. The fourth-order valence-electron chi connectivity index (χ4n) is 0.853. The van der Waals surface area contributed by atoms with Crippen LogP contribution in [0.3, 0.4) is 0 Å². The van der Waals surface area contributed by atoms with E-state index in [2.05, 4.69) is 34.0 Å². The van der Waals surface area contributed by atoms with E-state index in [9.17, 15) is 0 Å². The molecule has 1 aliphatic rings. The van der Waals surface area contributed by atoms with Gasteiger partial charge in [0.15, 0.2) is 0 Å². The molecule has 1 nitrogen and oxygen atoms in total. The van der Waals surface area contributed by atoms with Crippen molar-refractivity contribution in [2.75, 3.05) is 10.8 Å². The summed E-state index contributed by atoms with van der Waals surface area (Å²) in [7, 11) is 0. The summed E-state index contributed by atoms with van der Waals surface area (Å²) in [6.45, 7) is 0. The maximum absolute atomic E-state index is 2.25. The van der Waals surface area contributed by atoms with Gasteiger partial charge < -0.3 is 4.90 Å². The average Bonchev–Trinajstić information content (AvgIpc) is 2.59. The zero-order valence-electron chi connectivity index (χ0n) is 5.36. The van der Waals surface area contributed by atoms with Gasteiger partial charge in [0.05, 0.1) is 10.9 Å². The molecule has 0 unspecified atom stereocenters. The molecule has 2 heterocycles. The molecule has 2 rings (SSSR count). The molecule has 0 N–H and O–H groups in total. The summed E-state index contributed by atoms with van der Waals surface area (Å²) in [6, 6.07) is 4.22. The van der Waals surface area contributed by atoms with E-state index in [-0.39, 0.29) is 0 Å². The van der Waals surface area contributed by atoms with Gasteiger partial charge in [-0.2, -0.15) is 0 Å². The fourth-order valence-corrected chi connectivity index (χ4v) is 2.35. The van der Waals surface area contributed by atoms with E-state index in [1.807, 2.05) is 11.8 Å². The van der Waals surface area contributed by atoms with Crippen LogP contribution < -0.4 is 4.90 Å². The van der Waals surface area contributed by atoms with Gasteiger partial charge >= 0.3 is 0 Å². The van der Waals surface area contributed by atoms with Gasteiger partial charge in [-0.05, 0) is 22.9 Å². The Morgan fingerprint density at radius 2 is 2.50 bits per heavy atom. The third kappa shape index (κ3) is 1.07. The maximum Gasteiger partial charge on any atom is 0.0956 e. The molecule has 0 saturated carbocycles. The quantitative estimate of drug-likeness (QED) is 0.636. The van der Waals surface area contributed by atoms with Crippen LogP contribution in [-0.2, 0) is 0 Å². The molecule has 1 aliphatic heterocycles. The molecule has 0 fully saturated rings. The van der Waals surface area contributed by atoms with Crippen LogP contribution in [0.25, 0.3) is 0 Å². The lowest BCUT2D eigenvalue weighted by Crippen LogP contribution is -2.08. The van der Waals surface area contributed by atoms with Crippen molar-refractivity contribution in [2.24, 2.45) is 0 Å². The summed E-state index contributed by atoms with van der Waals surface area (Å²) in [5, 5.41) is 5.56. The zero-order valence-corrected chi connectivity index (χ0v) is 6.99. The Morgan fingerprint density at radius 1 is 1.50 bits per heavy atom. The Kier molecular flexibility index (Phi) is 1.69. The minimum absolute atomic E-state index is 1.07. The van der Waals surface area contributed by atoms with Gasteiger partial charge in [0.2, 0.25) is 0 Å². The van der Waals surface area contributed by atoms with Gasteiger partial charge in [-0.15, -0.1) is 23.1 Å². The highest BCUT2D eigenvalue weighted by Crippen LogP contribution is 2.27. The molecular formula is C7H7NS2. The molecule has 0 spiro atoms. The molecule has 0 aliphatic carbocycles. The first-order valence-electron chi connectivity index (χ1n) is 3.05. The number of nitrogens with zero attached hydrogens (tertiary/aromatic N) is 1. The van der Waals surface area contributed by atoms with Gasteiger partial charge in [0, 0.05) is 6.20 Å². The summed E-state index contributed by atoms with van der Waals surface area (Å²) in [5.41, 5.74) is 0. The highest BCUT2D eigenvalue weighted by molar-refractivity contribution is 8.02. The van der Waals surface area contributed by atoms with Crippen molar-refractivity contribution in [2.45, 2.75) is 0 Å². The molecule has 1 aromatic rings. The molecule has 0 bridgehead atoms. The second kappa shape index (κ2) is 2.68. The second-order valence-corrected chi connectivity index (χ2v) is 3.79. The van der Waals surface area contributed by atoms with E-state index in [0.717, 1.165) is 5.88 Å². The monoisotopic (exact) mass is 169 g/mol. The van der Waals surface area contributed by atoms with Crippen molar-refractivity contribution in [3.63, 3.8) is 0 Å². The lowest BCUT2D eigenvalue weighted by molar-refractivity contribution is 1.22. The Bertz CT molecular complexity index is 228. The van der Waals surface area contributed by atoms with E-state index >= 15 is 0 Å². The lowest BCUT2D eigenvalue weighted by Gasteiger charge is -2.10. The maximum atomic E-state index is 2.25. The van der Waals surface area contributed by atoms with Crippen molar-refractivity contribution in [3.05, 3.63) is 29.1 Å². The number of anilines is 1. The highest BCUT2D eigenvalue weighted by atomic mass is 32.2. The molecule has 3 heteroatoms. The molecule has 0 saturated heterocycles. The predicted octanol–water partition coefficient (Wildman–Crippen LogP) is 2.73. The second-order valence-electron chi connectivity index (χ2n) is 2.00. The summed E-state index contributed by atoms with van der Waals surface area (Å²) in [6.07, 6.45) is 2.12. The summed E-state index contributed by atoms with van der Waals surface area (Å²) in [5.74, 6) is 1.07. The third-order valence-corrected chi connectivity index (χ3v) is 2.99. The van der Waals surface area contributed by atoms with Crippen molar-refractivity contribution >= 4 is 28.1 Å². The smallest absolute Gasteiger partial charge is 0.0956 e. The van der Waals surface area contributed by atoms with Crippen molar-refractivity contribution in [1.29, 1.82) is 0 Å². The van der Waals surface area contributed by atoms with E-state index in [1.54, 1.807) is 11.3 Å². The molecule has 10 heavy (non-hydrogen) atoms. The van der Waals surface area contributed by atoms with Gasteiger partial charge in [-0.25, -0.2) is 0 Å². The van der Waals surface area contributed by atoms with Crippen LogP contribution in [0.15, 0.2) is 29.1 Å². The minimum Gasteiger partial charge on any atom is -0.329 e. The fraction of sp³-hybridized carbons (Fsp3) is 0.143. The van der Waals surface area contributed by atoms with Crippen LogP contribution >= 0.6 is 23.1 Å². The van der Waals surface area contributed by atoms with Gasteiger partial charge in [-0.1, -0.05) is 0 Å². The number of thioether (sulfide) groups is 1. The summed E-state index contributed by atoms with van der Waals surface area (Å²) >= 11 is 3.61. The van der Waals surface area contributed by atoms with E-state index < -0.39 is 0 Å². The Labute approximate surface area is 68.4 Å². The van der Waals surface area contributed by atoms with E-state index in [1.165, 1.54) is 5.00 Å².